The molecular formula is C37H74N6O. The first-order valence-electron chi connectivity index (χ1n) is 18.9. The predicted molar refractivity (Wildman–Crippen MR) is 188 cm³/mol. The molecule has 0 aromatic heterocycles. The number of piperidine rings is 2. The number of amides is 1. The van der Waals surface area contributed by atoms with Crippen LogP contribution in [0.4, 0.5) is 0 Å². The van der Waals surface area contributed by atoms with Crippen LogP contribution in [0.3, 0.4) is 0 Å². The Kier molecular flexibility index (Phi) is 17.0. The van der Waals surface area contributed by atoms with Gasteiger partial charge in [0.2, 0.25) is 5.91 Å². The first-order chi connectivity index (χ1) is 21.0. The van der Waals surface area contributed by atoms with Gasteiger partial charge in [-0.25, -0.2) is 0 Å². The maximum absolute atomic E-state index is 12.5. The minimum absolute atomic E-state index is 0.400. The summed E-state index contributed by atoms with van der Waals surface area (Å²) in [4.78, 5) is 27.8. The van der Waals surface area contributed by atoms with Gasteiger partial charge in [-0.05, 0) is 87.4 Å². The quantitative estimate of drug-likeness (QED) is 0.300. The Morgan fingerprint density at radius 1 is 0.455 bits per heavy atom. The topological polar surface area (TPSA) is 36.5 Å². The number of carbonyl (C=O) groups is 1. The van der Waals surface area contributed by atoms with Crippen LogP contribution in [-0.2, 0) is 4.79 Å². The maximum atomic E-state index is 12.5. The highest BCUT2D eigenvalue weighted by molar-refractivity contribution is 5.76. The molecule has 44 heavy (non-hydrogen) atoms. The first-order valence-corrected chi connectivity index (χ1v) is 18.9. The molecule has 4 aliphatic heterocycles. The molecule has 0 bridgehead atoms. The van der Waals surface area contributed by atoms with Gasteiger partial charge in [0.25, 0.3) is 0 Å². The van der Waals surface area contributed by atoms with E-state index in [0.717, 1.165) is 62.8 Å². The lowest BCUT2D eigenvalue weighted by Gasteiger charge is -2.39. The fourth-order valence-electron chi connectivity index (χ4n) is 7.87. The van der Waals surface area contributed by atoms with E-state index in [1.54, 1.807) is 0 Å². The molecule has 258 valence electrons. The van der Waals surface area contributed by atoms with E-state index in [1.807, 2.05) is 0 Å². The summed E-state index contributed by atoms with van der Waals surface area (Å²) < 4.78 is 0. The van der Waals surface area contributed by atoms with Crippen molar-refractivity contribution in [3.05, 3.63) is 0 Å². The highest BCUT2D eigenvalue weighted by Crippen LogP contribution is 2.23. The number of piperazine rings is 2. The zero-order valence-corrected chi connectivity index (χ0v) is 30.6. The number of hydrogen-bond donors (Lipinski definition) is 0. The van der Waals surface area contributed by atoms with Crippen molar-refractivity contribution in [2.45, 2.75) is 87.5 Å². The summed E-state index contributed by atoms with van der Waals surface area (Å²) in [6, 6.07) is 0. The van der Waals surface area contributed by atoms with E-state index in [2.05, 4.69) is 84.8 Å². The lowest BCUT2D eigenvalue weighted by Crippen LogP contribution is -2.50. The molecule has 1 amide bonds. The molecule has 4 aliphatic rings. The van der Waals surface area contributed by atoms with E-state index in [-0.39, 0.29) is 0 Å². The van der Waals surface area contributed by atoms with Gasteiger partial charge in [0.05, 0.1) is 0 Å². The van der Waals surface area contributed by atoms with Crippen LogP contribution >= 0.6 is 0 Å². The standard InChI is InChI=1S/C19H37N3O.C18H37N3/c1-16(2)14-20-7-5-18(6-8-20)13-19(23)22-11-9-21(10-12-22)15-17(3)4;1-16(2)13-19-7-5-18(6-8-19)15-21-11-9-20(10-12-21)14-17(3)4/h16-18H,5-15H2,1-4H3;16-18H,5-15H2,1-4H3. The molecule has 0 aromatic rings. The maximum Gasteiger partial charge on any atom is 0.222 e. The van der Waals surface area contributed by atoms with Gasteiger partial charge in [-0.3, -0.25) is 9.69 Å². The number of carbonyl (C=O) groups excluding carboxylic acids is 1. The van der Waals surface area contributed by atoms with Crippen LogP contribution in [0.15, 0.2) is 0 Å². The third kappa shape index (κ3) is 14.8. The lowest BCUT2D eigenvalue weighted by atomic mass is 9.92. The molecule has 0 radical (unpaired) electrons. The summed E-state index contributed by atoms with van der Waals surface area (Å²) >= 11 is 0. The van der Waals surface area contributed by atoms with Gasteiger partial charge < -0.3 is 24.5 Å². The Hall–Kier alpha value is -0.730. The van der Waals surface area contributed by atoms with E-state index >= 15 is 0 Å². The second kappa shape index (κ2) is 19.8. The van der Waals surface area contributed by atoms with E-state index in [0.29, 0.717) is 17.7 Å². The van der Waals surface area contributed by atoms with Gasteiger partial charge >= 0.3 is 0 Å². The minimum atomic E-state index is 0.400. The average Bonchev–Trinajstić information content (AvgIpc) is 2.96. The van der Waals surface area contributed by atoms with Gasteiger partial charge in [0.15, 0.2) is 0 Å². The molecule has 0 N–H and O–H groups in total. The SMILES string of the molecule is CC(C)CN1CCC(CC(=O)N2CCN(CC(C)C)CC2)CC1.CC(C)CN1CCC(CN2CCN(CC(C)C)CC2)CC1. The second-order valence-electron chi connectivity index (χ2n) is 16.6. The zero-order valence-electron chi connectivity index (χ0n) is 30.6. The molecule has 0 atom stereocenters. The Bertz CT molecular complexity index is 728. The molecule has 4 fully saturated rings. The van der Waals surface area contributed by atoms with Gasteiger partial charge in [0, 0.05) is 91.5 Å². The summed E-state index contributed by atoms with van der Waals surface area (Å²) in [5, 5.41) is 0. The van der Waals surface area contributed by atoms with Crippen molar-refractivity contribution in [3.63, 3.8) is 0 Å². The van der Waals surface area contributed by atoms with Crippen LogP contribution in [0.5, 0.6) is 0 Å². The van der Waals surface area contributed by atoms with Crippen LogP contribution in [0.2, 0.25) is 0 Å². The van der Waals surface area contributed by atoms with Crippen LogP contribution in [0, 0.1) is 35.5 Å². The Morgan fingerprint density at radius 3 is 1.16 bits per heavy atom. The summed E-state index contributed by atoms with van der Waals surface area (Å²) in [5.74, 6) is 5.04. The molecule has 4 saturated heterocycles. The Morgan fingerprint density at radius 2 is 0.773 bits per heavy atom. The van der Waals surface area contributed by atoms with E-state index in [1.165, 1.54) is 104 Å². The van der Waals surface area contributed by atoms with Gasteiger partial charge in [-0.2, -0.15) is 0 Å². The van der Waals surface area contributed by atoms with Crippen LogP contribution in [-0.4, -0.2) is 147 Å². The molecule has 7 nitrogen and oxygen atoms in total. The first kappa shape index (κ1) is 37.7. The van der Waals surface area contributed by atoms with E-state index in [9.17, 15) is 4.79 Å². The van der Waals surface area contributed by atoms with E-state index < -0.39 is 0 Å². The van der Waals surface area contributed by atoms with Crippen LogP contribution in [0.25, 0.3) is 0 Å². The van der Waals surface area contributed by atoms with Crippen molar-refractivity contribution in [1.29, 1.82) is 0 Å². The molecular weight excluding hydrogens is 544 g/mol. The van der Waals surface area contributed by atoms with Gasteiger partial charge in [-0.1, -0.05) is 55.4 Å². The monoisotopic (exact) mass is 619 g/mol. The van der Waals surface area contributed by atoms with Crippen LogP contribution in [0.1, 0.15) is 87.5 Å². The summed E-state index contributed by atoms with van der Waals surface area (Å²) in [5.41, 5.74) is 0. The van der Waals surface area contributed by atoms with Crippen molar-refractivity contribution in [1.82, 2.24) is 29.4 Å². The summed E-state index contributed by atoms with van der Waals surface area (Å²) in [6.45, 7) is 38.9. The Labute approximate surface area is 274 Å². The predicted octanol–water partition coefficient (Wildman–Crippen LogP) is 5.17. The molecule has 4 rings (SSSR count). The average molecular weight is 619 g/mol. The Balaban J connectivity index is 0.000000241. The normalized spacial score (nSPS) is 23.2. The molecule has 0 spiro atoms. The fourth-order valence-corrected chi connectivity index (χ4v) is 7.87. The van der Waals surface area contributed by atoms with Crippen molar-refractivity contribution in [3.8, 4) is 0 Å². The van der Waals surface area contributed by atoms with Crippen molar-refractivity contribution in [2.24, 2.45) is 35.5 Å². The van der Waals surface area contributed by atoms with Crippen molar-refractivity contribution < 1.29 is 4.79 Å². The molecule has 0 unspecified atom stereocenters. The summed E-state index contributed by atoms with van der Waals surface area (Å²) in [7, 11) is 0. The smallest absolute Gasteiger partial charge is 0.222 e. The third-order valence-electron chi connectivity index (χ3n) is 10.1. The highest BCUT2D eigenvalue weighted by Gasteiger charge is 2.27. The summed E-state index contributed by atoms with van der Waals surface area (Å²) in [6.07, 6.45) is 6.01. The number of nitrogens with zero attached hydrogens (tertiary/aromatic N) is 6. The van der Waals surface area contributed by atoms with Gasteiger partial charge in [0.1, 0.15) is 0 Å². The third-order valence-corrected chi connectivity index (χ3v) is 10.1. The largest absolute Gasteiger partial charge is 0.340 e. The molecule has 0 aromatic carbocycles. The number of hydrogen-bond acceptors (Lipinski definition) is 6. The molecule has 4 heterocycles. The van der Waals surface area contributed by atoms with Crippen molar-refractivity contribution >= 4 is 5.91 Å². The highest BCUT2D eigenvalue weighted by atomic mass is 16.2. The number of rotatable bonds is 12. The van der Waals surface area contributed by atoms with Gasteiger partial charge in [-0.15, -0.1) is 0 Å². The molecule has 0 saturated carbocycles. The fraction of sp³-hybridized carbons (Fsp3) is 0.973. The number of likely N-dealkylation sites (tertiary alicyclic amines) is 2. The molecule has 0 aliphatic carbocycles. The lowest BCUT2D eigenvalue weighted by molar-refractivity contribution is -0.134. The zero-order chi connectivity index (χ0) is 32.1. The second-order valence-corrected chi connectivity index (χ2v) is 16.6. The molecule has 7 heteroatoms. The van der Waals surface area contributed by atoms with Crippen molar-refractivity contribution in [2.75, 3.05) is 111 Å². The minimum Gasteiger partial charge on any atom is -0.340 e. The van der Waals surface area contributed by atoms with Crippen LogP contribution < -0.4 is 0 Å². The van der Waals surface area contributed by atoms with E-state index in [4.69, 9.17) is 0 Å².